The Morgan fingerprint density at radius 2 is 2.00 bits per heavy atom. The molecule has 2 aromatic rings. The molecule has 2 heterocycles. The van der Waals surface area contributed by atoms with E-state index in [0.29, 0.717) is 5.69 Å². The molecule has 8 heteroatoms. The Morgan fingerprint density at radius 3 is 2.50 bits per heavy atom. The molecular weight excluding hydrogens is 282 g/mol. The molecule has 0 fully saturated rings. The summed E-state index contributed by atoms with van der Waals surface area (Å²) >= 11 is 0. The van der Waals surface area contributed by atoms with E-state index in [-0.39, 0.29) is 16.1 Å². The maximum absolute atomic E-state index is 11.8. The maximum atomic E-state index is 11.8. The first-order valence-corrected chi connectivity index (χ1v) is 7.41. The summed E-state index contributed by atoms with van der Waals surface area (Å²) in [6.45, 7) is 0. The van der Waals surface area contributed by atoms with Gasteiger partial charge in [0.1, 0.15) is 0 Å². The van der Waals surface area contributed by atoms with E-state index in [9.17, 15) is 18.0 Å². The fourth-order valence-corrected chi connectivity index (χ4v) is 1.99. The van der Waals surface area contributed by atoms with Crippen LogP contribution in [-0.2, 0) is 9.84 Å². The highest BCUT2D eigenvalue weighted by molar-refractivity contribution is 7.90. The minimum Gasteiger partial charge on any atom is -0.328 e. The number of pyridine rings is 2. The van der Waals surface area contributed by atoms with Crippen LogP contribution in [0.3, 0.4) is 0 Å². The molecule has 0 aromatic carbocycles. The quantitative estimate of drug-likeness (QED) is 0.852. The molecule has 0 aliphatic heterocycles. The molecule has 0 saturated heterocycles. The largest absolute Gasteiger partial charge is 0.328 e. The van der Waals surface area contributed by atoms with Gasteiger partial charge in [-0.15, -0.1) is 0 Å². The lowest BCUT2D eigenvalue weighted by Gasteiger charge is -2.05. The van der Waals surface area contributed by atoms with Crippen molar-refractivity contribution in [3.8, 4) is 0 Å². The van der Waals surface area contributed by atoms with E-state index >= 15 is 0 Å². The number of rotatable bonds is 3. The van der Waals surface area contributed by atoms with Gasteiger partial charge in [-0.05, 0) is 18.2 Å². The summed E-state index contributed by atoms with van der Waals surface area (Å²) in [6, 6.07) is 5.36. The number of H-pyrrole nitrogens is 1. The minimum absolute atomic E-state index is 0.0699. The Hall–Kier alpha value is -2.48. The van der Waals surface area contributed by atoms with Gasteiger partial charge in [0.2, 0.25) is 5.56 Å². The van der Waals surface area contributed by atoms with Crippen LogP contribution in [0, 0.1) is 0 Å². The molecule has 2 rings (SSSR count). The van der Waals surface area contributed by atoms with E-state index in [1.807, 2.05) is 0 Å². The smallest absolute Gasteiger partial charge is 0.257 e. The van der Waals surface area contributed by atoms with E-state index < -0.39 is 15.7 Å². The van der Waals surface area contributed by atoms with Gasteiger partial charge >= 0.3 is 0 Å². The first-order chi connectivity index (χ1) is 9.36. The average molecular weight is 293 g/mol. The van der Waals surface area contributed by atoms with Gasteiger partial charge in [-0.1, -0.05) is 0 Å². The van der Waals surface area contributed by atoms with E-state index in [2.05, 4.69) is 15.3 Å². The van der Waals surface area contributed by atoms with Crippen LogP contribution < -0.4 is 10.9 Å². The van der Waals surface area contributed by atoms with Gasteiger partial charge in [-0.2, -0.15) is 0 Å². The van der Waals surface area contributed by atoms with Gasteiger partial charge in [-0.25, -0.2) is 13.4 Å². The van der Waals surface area contributed by atoms with Gasteiger partial charge in [0.15, 0.2) is 14.9 Å². The number of nitrogens with zero attached hydrogens (tertiary/aromatic N) is 1. The predicted octanol–water partition coefficient (Wildman–Crippen LogP) is 0.426. The Bertz CT molecular complexity index is 774. The zero-order chi connectivity index (χ0) is 14.8. The third kappa shape index (κ3) is 3.29. The summed E-state index contributed by atoms with van der Waals surface area (Å²) in [5.41, 5.74) is 0.325. The normalized spacial score (nSPS) is 11.1. The van der Waals surface area contributed by atoms with Gasteiger partial charge in [-0.3, -0.25) is 9.59 Å². The second-order valence-electron chi connectivity index (χ2n) is 4.05. The summed E-state index contributed by atoms with van der Waals surface area (Å²) in [7, 11) is -3.37. The first kappa shape index (κ1) is 13.9. The number of sulfone groups is 1. The van der Waals surface area contributed by atoms with Crippen LogP contribution in [0.2, 0.25) is 0 Å². The molecule has 0 unspecified atom stereocenters. The van der Waals surface area contributed by atoms with Crippen LogP contribution in [0.4, 0.5) is 5.69 Å². The molecule has 0 aliphatic carbocycles. The summed E-state index contributed by atoms with van der Waals surface area (Å²) in [6.07, 6.45) is 3.59. The van der Waals surface area contributed by atoms with E-state index in [1.54, 1.807) is 0 Å². The topological polar surface area (TPSA) is 109 Å². The molecular formula is C12H11N3O4S. The summed E-state index contributed by atoms with van der Waals surface area (Å²) in [5, 5.41) is 2.47. The standard InChI is InChI=1S/C12H11N3O4S/c1-20(18,19)11-5-3-9(7-14-11)15-12(17)8-2-4-10(16)13-6-8/h2-7H,1H3,(H,13,16)(H,15,17). The van der Waals surface area contributed by atoms with E-state index in [1.165, 1.54) is 36.7 Å². The zero-order valence-corrected chi connectivity index (χ0v) is 11.3. The minimum atomic E-state index is -3.37. The SMILES string of the molecule is CS(=O)(=O)c1ccc(NC(=O)c2ccc(=O)[nH]c2)cn1. The van der Waals surface area contributed by atoms with E-state index in [4.69, 9.17) is 0 Å². The van der Waals surface area contributed by atoms with Crippen LogP contribution >= 0.6 is 0 Å². The molecule has 104 valence electrons. The van der Waals surface area contributed by atoms with Gasteiger partial charge in [0, 0.05) is 18.5 Å². The molecule has 0 aliphatic rings. The van der Waals surface area contributed by atoms with Crippen molar-refractivity contribution < 1.29 is 13.2 Å². The number of amides is 1. The van der Waals surface area contributed by atoms with Crippen molar-refractivity contribution in [3.63, 3.8) is 0 Å². The third-order valence-corrected chi connectivity index (χ3v) is 3.42. The van der Waals surface area contributed by atoms with Crippen LogP contribution in [0.5, 0.6) is 0 Å². The molecule has 0 spiro atoms. The van der Waals surface area contributed by atoms with Crippen molar-refractivity contribution >= 4 is 21.4 Å². The highest BCUT2D eigenvalue weighted by Crippen LogP contribution is 2.11. The lowest BCUT2D eigenvalue weighted by atomic mass is 10.2. The molecule has 7 nitrogen and oxygen atoms in total. The number of anilines is 1. The van der Waals surface area contributed by atoms with Crippen LogP contribution in [0.25, 0.3) is 0 Å². The molecule has 0 saturated carbocycles. The maximum Gasteiger partial charge on any atom is 0.257 e. The second-order valence-corrected chi connectivity index (χ2v) is 6.02. The van der Waals surface area contributed by atoms with Crippen molar-refractivity contribution in [2.45, 2.75) is 5.03 Å². The fourth-order valence-electron chi connectivity index (χ4n) is 1.43. The Balaban J connectivity index is 2.16. The summed E-state index contributed by atoms with van der Waals surface area (Å²) < 4.78 is 22.5. The number of hydrogen-bond donors (Lipinski definition) is 2. The van der Waals surface area contributed by atoms with Crippen molar-refractivity contribution in [2.24, 2.45) is 0 Å². The Morgan fingerprint density at radius 1 is 1.25 bits per heavy atom. The van der Waals surface area contributed by atoms with Gasteiger partial charge < -0.3 is 10.3 Å². The van der Waals surface area contributed by atoms with Gasteiger partial charge in [0.05, 0.1) is 17.4 Å². The third-order valence-electron chi connectivity index (χ3n) is 2.42. The van der Waals surface area contributed by atoms with Crippen LogP contribution in [-0.4, -0.2) is 30.5 Å². The highest BCUT2D eigenvalue weighted by atomic mass is 32.2. The molecule has 1 amide bonds. The molecule has 2 aromatic heterocycles. The molecule has 20 heavy (non-hydrogen) atoms. The highest BCUT2D eigenvalue weighted by Gasteiger charge is 2.10. The van der Waals surface area contributed by atoms with Crippen molar-refractivity contribution in [1.29, 1.82) is 0 Å². The van der Waals surface area contributed by atoms with Crippen LogP contribution in [0.15, 0.2) is 46.5 Å². The fraction of sp³-hybridized carbons (Fsp3) is 0.0833. The summed E-state index contributed by atoms with van der Waals surface area (Å²) in [5.74, 6) is -0.435. The lowest BCUT2D eigenvalue weighted by molar-refractivity contribution is 0.102. The van der Waals surface area contributed by atoms with Crippen molar-refractivity contribution in [3.05, 3.63) is 52.6 Å². The number of aromatic amines is 1. The Kier molecular flexibility index (Phi) is 3.66. The molecule has 0 radical (unpaired) electrons. The number of carbonyl (C=O) groups is 1. The molecule has 0 atom stereocenters. The average Bonchev–Trinajstić information content (AvgIpc) is 2.39. The summed E-state index contributed by atoms with van der Waals surface area (Å²) in [4.78, 5) is 28.8. The lowest BCUT2D eigenvalue weighted by Crippen LogP contribution is -2.14. The van der Waals surface area contributed by atoms with Crippen LogP contribution in [0.1, 0.15) is 10.4 Å². The molecule has 0 bridgehead atoms. The van der Waals surface area contributed by atoms with Gasteiger partial charge in [0.25, 0.3) is 5.91 Å². The van der Waals surface area contributed by atoms with Crippen molar-refractivity contribution in [1.82, 2.24) is 9.97 Å². The number of carbonyl (C=O) groups excluding carboxylic acids is 1. The predicted molar refractivity (Wildman–Crippen MR) is 72.4 cm³/mol. The van der Waals surface area contributed by atoms with Crippen molar-refractivity contribution in [2.75, 3.05) is 11.6 Å². The number of hydrogen-bond acceptors (Lipinski definition) is 5. The molecule has 2 N–H and O–H groups in total. The zero-order valence-electron chi connectivity index (χ0n) is 10.5. The Labute approximate surface area is 114 Å². The number of nitrogens with one attached hydrogen (secondary N) is 2. The number of aromatic nitrogens is 2. The monoisotopic (exact) mass is 293 g/mol. The van der Waals surface area contributed by atoms with E-state index in [0.717, 1.165) is 6.26 Å². The first-order valence-electron chi connectivity index (χ1n) is 5.52. The second kappa shape index (κ2) is 5.25.